The molecule has 2 aromatic carbocycles. The number of aryl methyl sites for hydroxylation is 1. The Hall–Kier alpha value is -3.87. The van der Waals surface area contributed by atoms with E-state index in [1.807, 2.05) is 71.3 Å². The van der Waals surface area contributed by atoms with Gasteiger partial charge >= 0.3 is 5.97 Å². The summed E-state index contributed by atoms with van der Waals surface area (Å²) in [7, 11) is 0. The van der Waals surface area contributed by atoms with E-state index in [-0.39, 0.29) is 0 Å². The van der Waals surface area contributed by atoms with Crippen molar-refractivity contribution in [1.82, 2.24) is 18.9 Å². The highest BCUT2D eigenvalue weighted by atomic mass is 16.5. The number of nitrogens with zero attached hydrogens (tertiary/aromatic N) is 4. The van der Waals surface area contributed by atoms with E-state index in [0.717, 1.165) is 28.3 Å². The molecule has 0 aliphatic carbocycles. The molecule has 0 aliphatic rings. The first kappa shape index (κ1) is 18.2. The molecule has 0 spiro atoms. The van der Waals surface area contributed by atoms with Crippen molar-refractivity contribution in [3.8, 4) is 17.2 Å². The van der Waals surface area contributed by atoms with Crippen molar-refractivity contribution in [2.75, 3.05) is 6.61 Å². The van der Waals surface area contributed by atoms with Crippen LogP contribution >= 0.6 is 0 Å². The average molecular weight is 400 g/mol. The number of rotatable bonds is 4. The fourth-order valence-electron chi connectivity index (χ4n) is 3.82. The van der Waals surface area contributed by atoms with Crippen LogP contribution in [0.2, 0.25) is 0 Å². The van der Waals surface area contributed by atoms with E-state index >= 15 is 0 Å². The van der Waals surface area contributed by atoms with E-state index in [0.29, 0.717) is 29.0 Å². The molecule has 0 bridgehead atoms. The quantitative estimate of drug-likeness (QED) is 0.417. The van der Waals surface area contributed by atoms with Gasteiger partial charge in [-0.2, -0.15) is 0 Å². The first-order valence-electron chi connectivity index (χ1n) is 9.77. The third-order valence-electron chi connectivity index (χ3n) is 5.00. The molecule has 3 aromatic heterocycles. The van der Waals surface area contributed by atoms with Crippen LogP contribution < -0.4 is 9.47 Å². The molecular formula is C23H20N4O3. The summed E-state index contributed by atoms with van der Waals surface area (Å²) in [6.07, 6.45) is 1.79. The van der Waals surface area contributed by atoms with Gasteiger partial charge in [0.05, 0.1) is 23.8 Å². The number of hydrogen-bond acceptors (Lipinski definition) is 5. The molecule has 150 valence electrons. The summed E-state index contributed by atoms with van der Waals surface area (Å²) in [4.78, 5) is 21.5. The lowest BCUT2D eigenvalue weighted by atomic mass is 10.3. The smallest absolute Gasteiger partial charge is 0.308 e. The number of hydrogen-bond donors (Lipinski definition) is 0. The average Bonchev–Trinajstić information content (AvgIpc) is 3.27. The van der Waals surface area contributed by atoms with E-state index in [1.165, 1.54) is 6.92 Å². The van der Waals surface area contributed by atoms with Crippen LogP contribution in [0.3, 0.4) is 0 Å². The fraction of sp³-hybridized carbons (Fsp3) is 0.174. The Balaban J connectivity index is 1.83. The van der Waals surface area contributed by atoms with Crippen molar-refractivity contribution in [2.45, 2.75) is 20.8 Å². The molecule has 0 amide bonds. The molecule has 0 fully saturated rings. The maximum atomic E-state index is 11.8. The Morgan fingerprint density at radius 3 is 2.53 bits per heavy atom. The van der Waals surface area contributed by atoms with Crippen LogP contribution in [0.25, 0.3) is 33.4 Å². The maximum Gasteiger partial charge on any atom is 0.308 e. The second-order valence-electron chi connectivity index (χ2n) is 7.00. The number of para-hydroxylation sites is 2. The number of fused-ring (bicyclic) bond motifs is 5. The third kappa shape index (κ3) is 2.78. The zero-order valence-electron chi connectivity index (χ0n) is 16.9. The van der Waals surface area contributed by atoms with Crippen molar-refractivity contribution in [1.29, 1.82) is 0 Å². The lowest BCUT2D eigenvalue weighted by molar-refractivity contribution is -0.131. The molecule has 5 rings (SSSR count). The van der Waals surface area contributed by atoms with Crippen molar-refractivity contribution >= 4 is 33.7 Å². The summed E-state index contributed by atoms with van der Waals surface area (Å²) >= 11 is 0. The molecule has 7 nitrogen and oxygen atoms in total. The number of carbonyl (C=O) groups is 1. The SMILES string of the molecule is CCOc1ccc(-n2cc(OC(C)=O)c3c2nc(C)n2c4ccccc4nc32)cc1. The molecule has 7 heteroatoms. The number of aromatic nitrogens is 4. The van der Waals surface area contributed by atoms with Crippen molar-refractivity contribution < 1.29 is 14.3 Å². The minimum absolute atomic E-state index is 0.393. The molecule has 0 unspecified atom stereocenters. The Kier molecular flexibility index (Phi) is 4.17. The Morgan fingerprint density at radius 2 is 1.80 bits per heavy atom. The summed E-state index contributed by atoms with van der Waals surface area (Å²) in [5.41, 5.74) is 4.09. The zero-order valence-corrected chi connectivity index (χ0v) is 16.9. The number of imidazole rings is 1. The van der Waals surface area contributed by atoms with Gasteiger partial charge in [-0.25, -0.2) is 9.97 Å². The molecule has 0 N–H and O–H groups in total. The van der Waals surface area contributed by atoms with Crippen LogP contribution in [-0.4, -0.2) is 31.5 Å². The van der Waals surface area contributed by atoms with Gasteiger partial charge in [-0.05, 0) is 50.2 Å². The number of esters is 1. The topological polar surface area (TPSA) is 70.7 Å². The summed E-state index contributed by atoms with van der Waals surface area (Å²) in [6.45, 7) is 5.89. The first-order valence-corrected chi connectivity index (χ1v) is 9.77. The van der Waals surface area contributed by atoms with Crippen molar-refractivity contribution in [3.63, 3.8) is 0 Å². The van der Waals surface area contributed by atoms with E-state index in [1.54, 1.807) is 6.20 Å². The fourth-order valence-corrected chi connectivity index (χ4v) is 3.82. The van der Waals surface area contributed by atoms with Crippen LogP contribution in [0.15, 0.2) is 54.7 Å². The lowest BCUT2D eigenvalue weighted by Gasteiger charge is -2.08. The molecule has 0 radical (unpaired) electrons. The minimum Gasteiger partial charge on any atom is -0.494 e. The number of ether oxygens (including phenoxy) is 2. The van der Waals surface area contributed by atoms with Gasteiger partial charge in [0.1, 0.15) is 17.0 Å². The van der Waals surface area contributed by atoms with E-state index in [2.05, 4.69) is 0 Å². The standard InChI is InChI=1S/C23H20N4O3/c1-4-29-17-11-9-16(10-12-17)26-13-20(30-15(3)28)21-22(26)24-14(2)27-19-8-6-5-7-18(19)25-23(21)27/h5-13H,4H2,1-3H3. The highest BCUT2D eigenvalue weighted by Gasteiger charge is 2.21. The molecule has 0 saturated carbocycles. The molecule has 5 aromatic rings. The Bertz CT molecular complexity index is 1410. The monoisotopic (exact) mass is 400 g/mol. The van der Waals surface area contributed by atoms with E-state index < -0.39 is 5.97 Å². The number of carbonyl (C=O) groups excluding carboxylic acids is 1. The highest BCUT2D eigenvalue weighted by molar-refractivity contribution is 6.01. The largest absolute Gasteiger partial charge is 0.494 e. The molecule has 0 atom stereocenters. The van der Waals surface area contributed by atoms with Crippen LogP contribution in [0, 0.1) is 6.92 Å². The van der Waals surface area contributed by atoms with E-state index in [4.69, 9.17) is 19.4 Å². The molecular weight excluding hydrogens is 380 g/mol. The van der Waals surface area contributed by atoms with Gasteiger partial charge in [0.15, 0.2) is 17.0 Å². The normalized spacial score (nSPS) is 11.4. The Morgan fingerprint density at radius 1 is 1.03 bits per heavy atom. The van der Waals surface area contributed by atoms with Gasteiger partial charge in [0, 0.05) is 12.6 Å². The van der Waals surface area contributed by atoms with Gasteiger partial charge < -0.3 is 9.47 Å². The lowest BCUT2D eigenvalue weighted by Crippen LogP contribution is -2.02. The van der Waals surface area contributed by atoms with Crippen LogP contribution in [0.4, 0.5) is 0 Å². The molecule has 0 aliphatic heterocycles. The second kappa shape index (κ2) is 6.88. The summed E-state index contributed by atoms with van der Waals surface area (Å²) in [5, 5.41) is 0.695. The zero-order chi connectivity index (χ0) is 20.8. The van der Waals surface area contributed by atoms with Gasteiger partial charge in [0.25, 0.3) is 0 Å². The maximum absolute atomic E-state index is 11.8. The summed E-state index contributed by atoms with van der Waals surface area (Å²) < 4.78 is 15.0. The highest BCUT2D eigenvalue weighted by Crippen LogP contribution is 2.35. The molecule has 30 heavy (non-hydrogen) atoms. The van der Waals surface area contributed by atoms with Crippen LogP contribution in [-0.2, 0) is 4.79 Å². The minimum atomic E-state index is -0.393. The predicted octanol–water partition coefficient (Wildman–Crippen LogP) is 4.46. The first-order chi connectivity index (χ1) is 14.6. The van der Waals surface area contributed by atoms with Crippen molar-refractivity contribution in [2.24, 2.45) is 0 Å². The van der Waals surface area contributed by atoms with Gasteiger partial charge in [-0.3, -0.25) is 13.8 Å². The number of benzene rings is 2. The predicted molar refractivity (Wildman–Crippen MR) is 115 cm³/mol. The Labute approximate surface area is 172 Å². The van der Waals surface area contributed by atoms with Crippen molar-refractivity contribution in [3.05, 3.63) is 60.6 Å². The summed E-state index contributed by atoms with van der Waals surface area (Å²) in [6, 6.07) is 15.6. The van der Waals surface area contributed by atoms with Gasteiger partial charge in [-0.15, -0.1) is 0 Å². The van der Waals surface area contributed by atoms with E-state index in [9.17, 15) is 4.79 Å². The third-order valence-corrected chi connectivity index (χ3v) is 5.00. The van der Waals surface area contributed by atoms with Gasteiger partial charge in [0.2, 0.25) is 0 Å². The van der Waals surface area contributed by atoms with Crippen LogP contribution in [0.1, 0.15) is 19.7 Å². The second-order valence-corrected chi connectivity index (χ2v) is 7.00. The van der Waals surface area contributed by atoms with Gasteiger partial charge in [-0.1, -0.05) is 12.1 Å². The molecule has 3 heterocycles. The molecule has 0 saturated heterocycles. The van der Waals surface area contributed by atoms with Crippen LogP contribution in [0.5, 0.6) is 11.5 Å². The summed E-state index contributed by atoms with van der Waals surface area (Å²) in [5.74, 6) is 1.63.